The maximum Gasteiger partial charge on any atom is 0.410 e. The predicted octanol–water partition coefficient (Wildman–Crippen LogP) is 7.51. The van der Waals surface area contributed by atoms with Crippen LogP contribution in [0.2, 0.25) is 30.8 Å². The lowest BCUT2D eigenvalue weighted by Crippen LogP contribution is -2.44. The fourth-order valence-electron chi connectivity index (χ4n) is 4.42. The highest BCUT2D eigenvalue weighted by Crippen LogP contribution is 2.33. The molecule has 0 atom stereocenters. The molecule has 1 aliphatic rings. The minimum atomic E-state index is -1.21. The number of carbonyl (C=O) groups is 1. The number of hydrogen-bond acceptors (Lipinski definition) is 7. The molecule has 0 unspecified atom stereocenters. The topological polar surface area (TPSA) is 77.0 Å². The number of ether oxygens (including phenoxy) is 3. The van der Waals surface area contributed by atoms with Crippen LogP contribution in [0.1, 0.15) is 33.6 Å². The van der Waals surface area contributed by atoms with Gasteiger partial charge in [0.25, 0.3) is 0 Å². The van der Waals surface area contributed by atoms with E-state index in [0.717, 1.165) is 46.9 Å². The van der Waals surface area contributed by atoms with Crippen LogP contribution in [0.25, 0.3) is 10.8 Å². The first-order valence-electron chi connectivity index (χ1n) is 13.9. The molecule has 0 radical (unpaired) electrons. The van der Waals surface area contributed by atoms with Crippen LogP contribution in [-0.2, 0) is 9.47 Å². The molecule has 8 nitrogen and oxygen atoms in total. The van der Waals surface area contributed by atoms with Gasteiger partial charge in [0.15, 0.2) is 0 Å². The van der Waals surface area contributed by atoms with Gasteiger partial charge in [-0.2, -0.15) is 0 Å². The van der Waals surface area contributed by atoms with Crippen molar-refractivity contribution in [1.82, 2.24) is 14.9 Å². The van der Waals surface area contributed by atoms with Crippen molar-refractivity contribution >= 4 is 48.0 Å². The number of aromatic nitrogens is 2. The number of amides is 1. The standard InChI is InChI=1S/C30H41ClN4O4Si/c1-30(2,3)39-29(36)34-15-12-24(13-16-34)38-25-8-9-26-22(19-25)11-14-32-28(26)35(21-37-17-18-40(4,5)6)23-7-10-27(31)33-20-23/h7-11,14,19-20,24H,12-13,15-18,21H2,1-6H3. The first kappa shape index (κ1) is 30.1. The Kier molecular flexibility index (Phi) is 9.59. The van der Waals surface area contributed by atoms with Gasteiger partial charge in [0.2, 0.25) is 0 Å². The number of benzene rings is 1. The maximum absolute atomic E-state index is 12.4. The third kappa shape index (κ3) is 8.56. The van der Waals surface area contributed by atoms with E-state index < -0.39 is 13.7 Å². The molecule has 0 saturated carbocycles. The van der Waals surface area contributed by atoms with Crippen LogP contribution in [0.5, 0.6) is 5.75 Å². The Morgan fingerprint density at radius 1 is 1.10 bits per heavy atom. The van der Waals surface area contributed by atoms with E-state index in [1.54, 1.807) is 23.4 Å². The monoisotopic (exact) mass is 584 g/mol. The summed E-state index contributed by atoms with van der Waals surface area (Å²) >= 11 is 6.07. The molecule has 3 aromatic rings. The van der Waals surface area contributed by atoms with Gasteiger partial charge < -0.3 is 24.0 Å². The highest BCUT2D eigenvalue weighted by Gasteiger charge is 2.28. The number of nitrogens with zero attached hydrogens (tertiary/aromatic N) is 4. The van der Waals surface area contributed by atoms with Gasteiger partial charge in [-0.25, -0.2) is 14.8 Å². The van der Waals surface area contributed by atoms with Crippen LogP contribution in [0.3, 0.4) is 0 Å². The molecule has 1 aliphatic heterocycles. The quantitative estimate of drug-likeness (QED) is 0.111. The van der Waals surface area contributed by atoms with Crippen molar-refractivity contribution in [2.75, 3.05) is 31.3 Å². The molecule has 1 fully saturated rings. The smallest absolute Gasteiger partial charge is 0.410 e. The zero-order valence-corrected chi connectivity index (χ0v) is 26.2. The fourth-order valence-corrected chi connectivity index (χ4v) is 5.29. The average Bonchev–Trinajstić information content (AvgIpc) is 2.88. The molecular weight excluding hydrogens is 544 g/mol. The third-order valence-electron chi connectivity index (χ3n) is 6.61. The fraction of sp³-hybridized carbons (Fsp3) is 0.500. The van der Waals surface area contributed by atoms with E-state index in [9.17, 15) is 4.79 Å². The van der Waals surface area contributed by atoms with Crippen LogP contribution in [0.15, 0.2) is 48.8 Å². The van der Waals surface area contributed by atoms with E-state index in [-0.39, 0.29) is 12.2 Å². The largest absolute Gasteiger partial charge is 0.490 e. The van der Waals surface area contributed by atoms with Crippen molar-refractivity contribution in [3.8, 4) is 5.75 Å². The van der Waals surface area contributed by atoms with Gasteiger partial charge in [0.1, 0.15) is 35.2 Å². The third-order valence-corrected chi connectivity index (χ3v) is 8.53. The molecule has 1 amide bonds. The molecule has 40 heavy (non-hydrogen) atoms. The lowest BCUT2D eigenvalue weighted by molar-refractivity contribution is 0.0127. The first-order chi connectivity index (χ1) is 18.9. The molecule has 0 bridgehead atoms. The van der Waals surface area contributed by atoms with E-state index in [1.165, 1.54) is 0 Å². The molecule has 3 heterocycles. The highest BCUT2D eigenvalue weighted by atomic mass is 35.5. The zero-order valence-electron chi connectivity index (χ0n) is 24.4. The van der Waals surface area contributed by atoms with Gasteiger partial charge in [0, 0.05) is 52.2 Å². The number of piperidine rings is 1. The van der Waals surface area contributed by atoms with Gasteiger partial charge in [0.05, 0.1) is 11.9 Å². The van der Waals surface area contributed by atoms with Gasteiger partial charge >= 0.3 is 6.09 Å². The number of hydrogen-bond donors (Lipinski definition) is 0. The van der Waals surface area contributed by atoms with E-state index in [4.69, 9.17) is 30.8 Å². The average molecular weight is 585 g/mol. The van der Waals surface area contributed by atoms with Gasteiger partial charge in [-0.3, -0.25) is 0 Å². The number of anilines is 2. The molecule has 0 spiro atoms. The van der Waals surface area contributed by atoms with Crippen molar-refractivity contribution in [1.29, 1.82) is 0 Å². The van der Waals surface area contributed by atoms with E-state index >= 15 is 0 Å². The number of likely N-dealkylation sites (tertiary alicyclic amines) is 1. The summed E-state index contributed by atoms with van der Waals surface area (Å²) in [6.45, 7) is 15.0. The highest BCUT2D eigenvalue weighted by molar-refractivity contribution is 6.76. The van der Waals surface area contributed by atoms with Crippen LogP contribution in [-0.4, -0.2) is 67.2 Å². The van der Waals surface area contributed by atoms with E-state index in [2.05, 4.69) is 24.6 Å². The molecule has 2 aromatic heterocycles. The summed E-state index contributed by atoms with van der Waals surface area (Å²) in [4.78, 5) is 25.2. The predicted molar refractivity (Wildman–Crippen MR) is 164 cm³/mol. The van der Waals surface area contributed by atoms with E-state index in [1.807, 2.05) is 56.0 Å². The Morgan fingerprint density at radius 3 is 2.50 bits per heavy atom. The molecule has 1 aromatic carbocycles. The molecule has 4 rings (SSSR count). The number of carbonyl (C=O) groups excluding carboxylic acids is 1. The van der Waals surface area contributed by atoms with E-state index in [0.29, 0.717) is 31.6 Å². The molecule has 1 saturated heterocycles. The Bertz CT molecular complexity index is 1290. The lowest BCUT2D eigenvalue weighted by atomic mass is 10.1. The van der Waals surface area contributed by atoms with Crippen molar-refractivity contribution in [3.05, 3.63) is 53.9 Å². The molecule has 216 valence electrons. The Labute approximate surface area is 243 Å². The summed E-state index contributed by atoms with van der Waals surface area (Å²) in [7, 11) is -1.21. The zero-order chi connectivity index (χ0) is 28.9. The SMILES string of the molecule is CC(C)(C)OC(=O)N1CCC(Oc2ccc3c(N(COCC[Si](C)(C)C)c4ccc(Cl)nc4)nccc3c2)CC1. The summed E-state index contributed by atoms with van der Waals surface area (Å²) in [6, 6.07) is 12.8. The minimum absolute atomic E-state index is 0.0360. The van der Waals surface area contributed by atoms with Crippen molar-refractivity contribution in [2.24, 2.45) is 0 Å². The summed E-state index contributed by atoms with van der Waals surface area (Å²) in [5.74, 6) is 1.58. The van der Waals surface area contributed by atoms with Crippen molar-refractivity contribution in [2.45, 2.75) is 71.0 Å². The van der Waals surface area contributed by atoms with Crippen LogP contribution >= 0.6 is 11.6 Å². The molecular formula is C30H41ClN4O4Si. The van der Waals surface area contributed by atoms with Crippen LogP contribution < -0.4 is 9.64 Å². The minimum Gasteiger partial charge on any atom is -0.490 e. The van der Waals surface area contributed by atoms with Gasteiger partial charge in [-0.05, 0) is 68.6 Å². The van der Waals surface area contributed by atoms with Crippen molar-refractivity contribution < 1.29 is 19.0 Å². The summed E-state index contributed by atoms with van der Waals surface area (Å²) < 4.78 is 18.0. The Balaban J connectivity index is 1.47. The molecule has 10 heteroatoms. The summed E-state index contributed by atoms with van der Waals surface area (Å²) in [6.07, 6.45) is 4.83. The number of rotatable bonds is 9. The second kappa shape index (κ2) is 12.7. The number of pyridine rings is 2. The first-order valence-corrected chi connectivity index (χ1v) is 18.0. The number of fused-ring (bicyclic) bond motifs is 1. The van der Waals surface area contributed by atoms with Gasteiger partial charge in [-0.1, -0.05) is 31.2 Å². The lowest BCUT2D eigenvalue weighted by Gasteiger charge is -2.33. The summed E-state index contributed by atoms with van der Waals surface area (Å²) in [5.41, 5.74) is 0.359. The van der Waals surface area contributed by atoms with Crippen LogP contribution in [0, 0.1) is 0 Å². The molecule has 0 N–H and O–H groups in total. The van der Waals surface area contributed by atoms with Gasteiger partial charge in [-0.15, -0.1) is 0 Å². The Morgan fingerprint density at radius 2 is 1.85 bits per heavy atom. The Hall–Kier alpha value is -2.88. The second-order valence-electron chi connectivity index (χ2n) is 12.4. The van der Waals surface area contributed by atoms with Crippen LogP contribution in [0.4, 0.5) is 16.3 Å². The number of halogens is 1. The molecule has 0 aliphatic carbocycles. The normalized spacial score (nSPS) is 14.8. The second-order valence-corrected chi connectivity index (χ2v) is 18.4. The summed E-state index contributed by atoms with van der Waals surface area (Å²) in [5, 5.41) is 2.44. The maximum atomic E-state index is 12.4. The van der Waals surface area contributed by atoms with Crippen molar-refractivity contribution in [3.63, 3.8) is 0 Å².